The van der Waals surface area contributed by atoms with Crippen molar-refractivity contribution in [2.75, 3.05) is 38.8 Å². The average molecular weight is 330 g/mol. The Morgan fingerprint density at radius 3 is 2.22 bits per heavy atom. The molecule has 1 aromatic carbocycles. The van der Waals surface area contributed by atoms with Gasteiger partial charge in [0.1, 0.15) is 6.54 Å². The van der Waals surface area contributed by atoms with E-state index in [1.807, 2.05) is 19.0 Å². The highest BCUT2D eigenvalue weighted by Crippen LogP contribution is 2.24. The van der Waals surface area contributed by atoms with E-state index in [1.54, 1.807) is 24.3 Å². The molecule has 0 N–H and O–H groups in total. The van der Waals surface area contributed by atoms with Gasteiger partial charge in [-0.05, 0) is 37.1 Å². The number of amides is 1. The summed E-state index contributed by atoms with van der Waals surface area (Å²) in [6.45, 7) is -0.469. The first kappa shape index (κ1) is 17.6. The van der Waals surface area contributed by atoms with Gasteiger partial charge in [-0.3, -0.25) is 4.79 Å². The Morgan fingerprint density at radius 2 is 1.74 bits per heavy atom. The molecule has 1 aromatic rings. The van der Waals surface area contributed by atoms with Crippen LogP contribution in [0.2, 0.25) is 0 Å². The molecule has 1 amide bonds. The first-order valence-corrected chi connectivity index (χ1v) is 7.51. The van der Waals surface area contributed by atoms with E-state index in [2.05, 4.69) is 0 Å². The predicted molar refractivity (Wildman–Crippen MR) is 81.7 cm³/mol. The first-order valence-electron chi connectivity index (χ1n) is 7.51. The summed E-state index contributed by atoms with van der Waals surface area (Å²) in [5, 5.41) is 0. The van der Waals surface area contributed by atoms with E-state index in [-0.39, 0.29) is 5.56 Å². The molecule has 7 heteroatoms. The minimum Gasteiger partial charge on any atom is -0.381 e. The second-order valence-electron chi connectivity index (χ2n) is 5.83. The van der Waals surface area contributed by atoms with E-state index >= 15 is 0 Å². The van der Waals surface area contributed by atoms with Crippen LogP contribution in [0.5, 0.6) is 0 Å². The maximum absolute atomic E-state index is 12.9. The zero-order chi connectivity index (χ0) is 17.0. The van der Waals surface area contributed by atoms with Gasteiger partial charge < -0.3 is 14.5 Å². The lowest BCUT2D eigenvalue weighted by Gasteiger charge is -2.35. The maximum atomic E-state index is 12.9. The number of nitrogens with zero attached hydrogens (tertiary/aromatic N) is 2. The number of benzene rings is 1. The Hall–Kier alpha value is -1.76. The molecule has 1 aliphatic heterocycles. The van der Waals surface area contributed by atoms with Crippen molar-refractivity contribution in [3.05, 3.63) is 29.8 Å². The van der Waals surface area contributed by atoms with Crippen LogP contribution in [0.25, 0.3) is 0 Å². The molecule has 0 radical (unpaired) electrons. The summed E-state index contributed by atoms with van der Waals surface area (Å²) >= 11 is 0. The predicted octanol–water partition coefficient (Wildman–Crippen LogP) is 2.94. The molecule has 0 unspecified atom stereocenters. The van der Waals surface area contributed by atoms with Crippen molar-refractivity contribution in [3.8, 4) is 0 Å². The molecule has 0 aromatic heterocycles. The zero-order valence-electron chi connectivity index (χ0n) is 13.3. The fraction of sp³-hybridized carbons (Fsp3) is 0.562. The van der Waals surface area contributed by atoms with Crippen molar-refractivity contribution in [2.45, 2.75) is 25.1 Å². The van der Waals surface area contributed by atoms with Crippen molar-refractivity contribution in [1.82, 2.24) is 4.90 Å². The van der Waals surface area contributed by atoms with Crippen LogP contribution in [0.3, 0.4) is 0 Å². The Labute approximate surface area is 133 Å². The Morgan fingerprint density at radius 1 is 1.17 bits per heavy atom. The third kappa shape index (κ3) is 4.86. The summed E-state index contributed by atoms with van der Waals surface area (Å²) in [7, 11) is 3.71. The Kier molecular flexibility index (Phi) is 5.51. The van der Waals surface area contributed by atoms with Gasteiger partial charge in [-0.25, -0.2) is 0 Å². The van der Waals surface area contributed by atoms with Gasteiger partial charge in [0.05, 0.1) is 0 Å². The number of ether oxygens (including phenoxy) is 1. The maximum Gasteiger partial charge on any atom is 0.406 e. The Bertz CT molecular complexity index is 523. The largest absolute Gasteiger partial charge is 0.406 e. The smallest absolute Gasteiger partial charge is 0.381 e. The van der Waals surface area contributed by atoms with Gasteiger partial charge in [0, 0.05) is 44.6 Å². The van der Waals surface area contributed by atoms with Crippen molar-refractivity contribution < 1.29 is 22.7 Å². The SMILES string of the molecule is CN(C)c1ccc(C(=O)N(CC(F)(F)F)C2CCOCC2)cc1. The molecular weight excluding hydrogens is 309 g/mol. The number of carbonyl (C=O) groups is 1. The molecule has 0 bridgehead atoms. The molecule has 4 nitrogen and oxygen atoms in total. The average Bonchev–Trinajstić information content (AvgIpc) is 2.52. The van der Waals surface area contributed by atoms with Gasteiger partial charge in [-0.1, -0.05) is 0 Å². The van der Waals surface area contributed by atoms with Gasteiger partial charge in [-0.2, -0.15) is 13.2 Å². The molecule has 128 valence electrons. The van der Waals surface area contributed by atoms with Gasteiger partial charge >= 0.3 is 6.18 Å². The summed E-state index contributed by atoms with van der Waals surface area (Å²) < 4.78 is 43.8. The molecular formula is C16H21F3N2O2. The third-order valence-corrected chi connectivity index (χ3v) is 3.87. The summed E-state index contributed by atoms with van der Waals surface area (Å²) in [5.41, 5.74) is 1.15. The lowest BCUT2D eigenvalue weighted by Crippen LogP contribution is -2.47. The van der Waals surface area contributed by atoms with Crippen LogP contribution in [0.4, 0.5) is 18.9 Å². The van der Waals surface area contributed by atoms with Crippen LogP contribution in [-0.4, -0.2) is 56.9 Å². The normalized spacial score (nSPS) is 16.2. The van der Waals surface area contributed by atoms with E-state index in [4.69, 9.17) is 4.74 Å². The van der Waals surface area contributed by atoms with Crippen molar-refractivity contribution >= 4 is 11.6 Å². The molecule has 1 fully saturated rings. The standard InChI is InChI=1S/C16H21F3N2O2/c1-20(2)13-5-3-12(4-6-13)15(22)21(11-16(17,18)19)14-7-9-23-10-8-14/h3-6,14H,7-11H2,1-2H3. The summed E-state index contributed by atoms with van der Waals surface area (Å²) in [4.78, 5) is 15.4. The molecule has 1 saturated heterocycles. The number of hydrogen-bond donors (Lipinski definition) is 0. The number of hydrogen-bond acceptors (Lipinski definition) is 3. The molecule has 1 heterocycles. The van der Waals surface area contributed by atoms with E-state index in [1.165, 1.54) is 0 Å². The van der Waals surface area contributed by atoms with Crippen LogP contribution in [0, 0.1) is 0 Å². The molecule has 23 heavy (non-hydrogen) atoms. The van der Waals surface area contributed by atoms with E-state index in [0.717, 1.165) is 10.6 Å². The topological polar surface area (TPSA) is 32.8 Å². The summed E-state index contributed by atoms with van der Waals surface area (Å²) in [6, 6.07) is 6.15. The Balaban J connectivity index is 2.20. The van der Waals surface area contributed by atoms with Crippen molar-refractivity contribution in [3.63, 3.8) is 0 Å². The highest BCUT2D eigenvalue weighted by atomic mass is 19.4. The fourth-order valence-electron chi connectivity index (χ4n) is 2.62. The molecule has 0 spiro atoms. The van der Waals surface area contributed by atoms with Crippen LogP contribution >= 0.6 is 0 Å². The number of alkyl halides is 3. The van der Waals surface area contributed by atoms with Gasteiger partial charge in [0.2, 0.25) is 0 Å². The van der Waals surface area contributed by atoms with E-state index in [0.29, 0.717) is 26.1 Å². The fourth-order valence-corrected chi connectivity index (χ4v) is 2.62. The van der Waals surface area contributed by atoms with Crippen molar-refractivity contribution in [2.24, 2.45) is 0 Å². The van der Waals surface area contributed by atoms with E-state index < -0.39 is 24.7 Å². The monoisotopic (exact) mass is 330 g/mol. The zero-order valence-corrected chi connectivity index (χ0v) is 13.3. The number of anilines is 1. The number of carbonyl (C=O) groups excluding carboxylic acids is 1. The highest BCUT2D eigenvalue weighted by Gasteiger charge is 2.37. The lowest BCUT2D eigenvalue weighted by molar-refractivity contribution is -0.147. The van der Waals surface area contributed by atoms with Gasteiger partial charge in [-0.15, -0.1) is 0 Å². The van der Waals surface area contributed by atoms with Crippen LogP contribution in [0.1, 0.15) is 23.2 Å². The van der Waals surface area contributed by atoms with Crippen LogP contribution < -0.4 is 4.90 Å². The molecule has 0 aliphatic carbocycles. The minimum absolute atomic E-state index is 0.270. The van der Waals surface area contributed by atoms with Gasteiger partial charge in [0.25, 0.3) is 5.91 Å². The van der Waals surface area contributed by atoms with Crippen LogP contribution in [-0.2, 0) is 4.74 Å². The highest BCUT2D eigenvalue weighted by molar-refractivity contribution is 5.94. The second kappa shape index (κ2) is 7.21. The van der Waals surface area contributed by atoms with Crippen molar-refractivity contribution in [1.29, 1.82) is 0 Å². The minimum atomic E-state index is -4.42. The summed E-state index contributed by atoms with van der Waals surface area (Å²) in [6.07, 6.45) is -3.56. The number of rotatable bonds is 4. The van der Waals surface area contributed by atoms with Crippen LogP contribution in [0.15, 0.2) is 24.3 Å². The number of halogens is 3. The second-order valence-corrected chi connectivity index (χ2v) is 5.83. The van der Waals surface area contributed by atoms with E-state index in [9.17, 15) is 18.0 Å². The third-order valence-electron chi connectivity index (χ3n) is 3.87. The lowest BCUT2D eigenvalue weighted by atomic mass is 10.0. The molecule has 2 rings (SSSR count). The molecule has 1 aliphatic rings. The quantitative estimate of drug-likeness (QED) is 0.851. The van der Waals surface area contributed by atoms with Gasteiger partial charge in [0.15, 0.2) is 0 Å². The summed E-state index contributed by atoms with van der Waals surface area (Å²) in [5.74, 6) is -0.584. The molecule has 0 saturated carbocycles. The molecule has 0 atom stereocenters. The first-order chi connectivity index (χ1) is 10.8.